The Balaban J connectivity index is 1.89. The molecule has 0 amide bonds. The van der Waals surface area contributed by atoms with E-state index in [2.05, 4.69) is 19.4 Å². The molecule has 0 spiro atoms. The van der Waals surface area contributed by atoms with Gasteiger partial charge < -0.3 is 14.9 Å². The monoisotopic (exact) mass is 353 g/mol. The molecule has 2 rings (SSSR count). The van der Waals surface area contributed by atoms with Gasteiger partial charge in [0, 0.05) is 17.1 Å². The van der Waals surface area contributed by atoms with Crippen LogP contribution < -0.4 is 5.32 Å². The minimum atomic E-state index is -0.483. The van der Waals surface area contributed by atoms with Gasteiger partial charge in [0.15, 0.2) is 0 Å². The van der Waals surface area contributed by atoms with Crippen LogP contribution in [0.1, 0.15) is 5.56 Å². The number of aliphatic hydroxyl groups excluding tert-OH is 1. The highest BCUT2D eigenvalue weighted by Gasteiger charge is 2.22. The normalized spacial score (nSPS) is 12.9. The molecule has 0 aliphatic heterocycles. The van der Waals surface area contributed by atoms with E-state index < -0.39 is 6.10 Å². The minimum Gasteiger partial charge on any atom is -0.385 e. The van der Waals surface area contributed by atoms with Crippen molar-refractivity contribution in [2.24, 2.45) is 0 Å². The van der Waals surface area contributed by atoms with E-state index >= 15 is 0 Å². The highest BCUT2D eigenvalue weighted by Crippen LogP contribution is 2.21. The van der Waals surface area contributed by atoms with Gasteiger partial charge in [-0.15, -0.1) is 0 Å². The molecule has 0 fully saturated rings. The minimum absolute atomic E-state index is 0.452. The van der Waals surface area contributed by atoms with E-state index in [4.69, 9.17) is 23.2 Å². The lowest BCUT2D eigenvalue weighted by Crippen LogP contribution is -2.46. The first kappa shape index (κ1) is 18.1. The fraction of sp³-hybridized carbons (Fsp3) is 0.333. The summed E-state index contributed by atoms with van der Waals surface area (Å²) in [5.74, 6) is 0. The SMILES string of the molecule is C[N+](C)(Cc1ccccc1Cl)C[C@@H](O)CNc1ccccc1Cl. The van der Waals surface area contributed by atoms with Gasteiger partial charge in [0.05, 0.1) is 24.8 Å². The van der Waals surface area contributed by atoms with E-state index in [0.717, 1.165) is 22.8 Å². The zero-order valence-electron chi connectivity index (χ0n) is 13.5. The van der Waals surface area contributed by atoms with Crippen LogP contribution in [0.3, 0.4) is 0 Å². The average Bonchev–Trinajstić information content (AvgIpc) is 2.48. The molecule has 0 bridgehead atoms. The molecule has 2 aromatic carbocycles. The number of halogens is 2. The average molecular weight is 354 g/mol. The van der Waals surface area contributed by atoms with Crippen LogP contribution in [0.25, 0.3) is 0 Å². The topological polar surface area (TPSA) is 32.3 Å². The Kier molecular flexibility index (Phi) is 6.31. The van der Waals surface area contributed by atoms with E-state index in [9.17, 15) is 5.11 Å². The number of para-hydroxylation sites is 1. The van der Waals surface area contributed by atoms with Gasteiger partial charge in [-0.05, 0) is 18.2 Å². The first-order chi connectivity index (χ1) is 10.9. The number of hydrogen-bond acceptors (Lipinski definition) is 2. The van der Waals surface area contributed by atoms with Crippen LogP contribution >= 0.6 is 23.2 Å². The predicted molar refractivity (Wildman–Crippen MR) is 98.1 cm³/mol. The first-order valence-electron chi connectivity index (χ1n) is 7.59. The third kappa shape index (κ3) is 5.70. The van der Waals surface area contributed by atoms with Crippen LogP contribution in [0.2, 0.25) is 10.0 Å². The summed E-state index contributed by atoms with van der Waals surface area (Å²) in [6.07, 6.45) is -0.483. The highest BCUT2D eigenvalue weighted by molar-refractivity contribution is 6.33. The number of hydrogen-bond donors (Lipinski definition) is 2. The third-order valence-corrected chi connectivity index (χ3v) is 4.36. The standard InChI is InChI=1S/C18H23Cl2N2O/c1-22(2,12-14-7-3-4-8-16(14)19)13-15(23)11-21-18-10-6-5-9-17(18)20/h3-10,15,21,23H,11-13H2,1-2H3/q+1/t15-/m0/s1. The van der Waals surface area contributed by atoms with Crippen LogP contribution in [0.5, 0.6) is 0 Å². The highest BCUT2D eigenvalue weighted by atomic mass is 35.5. The third-order valence-electron chi connectivity index (χ3n) is 3.66. The van der Waals surface area contributed by atoms with Gasteiger partial charge in [0.25, 0.3) is 0 Å². The van der Waals surface area contributed by atoms with Gasteiger partial charge in [-0.25, -0.2) is 0 Å². The summed E-state index contributed by atoms with van der Waals surface area (Å²) in [5, 5.41) is 14.9. The Morgan fingerprint density at radius 2 is 1.61 bits per heavy atom. The van der Waals surface area contributed by atoms with E-state index in [1.807, 2.05) is 48.5 Å². The van der Waals surface area contributed by atoms with E-state index in [1.165, 1.54) is 0 Å². The van der Waals surface area contributed by atoms with Crippen molar-refractivity contribution in [1.82, 2.24) is 0 Å². The number of benzene rings is 2. The maximum absolute atomic E-state index is 10.3. The lowest BCUT2D eigenvalue weighted by atomic mass is 10.2. The molecule has 23 heavy (non-hydrogen) atoms. The second kappa shape index (κ2) is 8.02. The summed E-state index contributed by atoms with van der Waals surface area (Å²) in [6.45, 7) is 1.83. The largest absolute Gasteiger partial charge is 0.385 e. The van der Waals surface area contributed by atoms with Crippen LogP contribution in [-0.2, 0) is 6.54 Å². The van der Waals surface area contributed by atoms with Crippen molar-refractivity contribution in [2.45, 2.75) is 12.6 Å². The lowest BCUT2D eigenvalue weighted by molar-refractivity contribution is -0.906. The van der Waals surface area contributed by atoms with Crippen molar-refractivity contribution >= 4 is 28.9 Å². The van der Waals surface area contributed by atoms with Crippen molar-refractivity contribution in [3.63, 3.8) is 0 Å². The molecule has 0 aromatic heterocycles. The summed E-state index contributed by atoms with van der Waals surface area (Å²) in [5.41, 5.74) is 1.93. The predicted octanol–water partition coefficient (Wildman–Crippen LogP) is 4.04. The smallest absolute Gasteiger partial charge is 0.120 e. The van der Waals surface area contributed by atoms with E-state index in [-0.39, 0.29) is 0 Å². The molecule has 0 aliphatic rings. The fourth-order valence-electron chi connectivity index (χ4n) is 2.62. The molecular weight excluding hydrogens is 331 g/mol. The van der Waals surface area contributed by atoms with Gasteiger partial charge >= 0.3 is 0 Å². The van der Waals surface area contributed by atoms with Crippen molar-refractivity contribution in [1.29, 1.82) is 0 Å². The summed E-state index contributed by atoms with van der Waals surface area (Å²) < 4.78 is 0.648. The van der Waals surface area contributed by atoms with E-state index in [0.29, 0.717) is 22.6 Å². The van der Waals surface area contributed by atoms with Crippen LogP contribution in [0.4, 0.5) is 5.69 Å². The van der Waals surface area contributed by atoms with Gasteiger partial charge in [0.1, 0.15) is 19.2 Å². The molecule has 0 unspecified atom stereocenters. The Bertz CT molecular complexity index is 646. The van der Waals surface area contributed by atoms with Crippen molar-refractivity contribution in [3.8, 4) is 0 Å². The quantitative estimate of drug-likeness (QED) is 0.736. The fourth-order valence-corrected chi connectivity index (χ4v) is 3.02. The number of rotatable bonds is 7. The van der Waals surface area contributed by atoms with Crippen molar-refractivity contribution in [3.05, 3.63) is 64.1 Å². The Morgan fingerprint density at radius 3 is 2.26 bits per heavy atom. The number of likely N-dealkylation sites (N-methyl/N-ethyl adjacent to an activating group) is 1. The maximum Gasteiger partial charge on any atom is 0.120 e. The zero-order chi connectivity index (χ0) is 16.9. The summed E-state index contributed by atoms with van der Waals surface area (Å²) >= 11 is 12.3. The number of nitrogens with zero attached hydrogens (tertiary/aromatic N) is 1. The summed E-state index contributed by atoms with van der Waals surface area (Å²) in [4.78, 5) is 0. The molecule has 5 heteroatoms. The Hall–Kier alpha value is -1.26. The summed E-state index contributed by atoms with van der Waals surface area (Å²) in [6, 6.07) is 15.4. The molecule has 0 radical (unpaired) electrons. The molecule has 0 heterocycles. The number of nitrogens with one attached hydrogen (secondary N) is 1. The van der Waals surface area contributed by atoms with Crippen molar-refractivity contribution in [2.75, 3.05) is 32.5 Å². The Morgan fingerprint density at radius 1 is 1.00 bits per heavy atom. The molecule has 2 aromatic rings. The second-order valence-corrected chi connectivity index (χ2v) is 7.20. The molecule has 0 saturated carbocycles. The molecule has 1 atom stereocenters. The number of anilines is 1. The lowest BCUT2D eigenvalue weighted by Gasteiger charge is -2.32. The second-order valence-electron chi connectivity index (χ2n) is 6.38. The summed E-state index contributed by atoms with van der Waals surface area (Å²) in [7, 11) is 4.17. The molecular formula is C18H23Cl2N2O+. The van der Waals surface area contributed by atoms with Crippen molar-refractivity contribution < 1.29 is 9.59 Å². The van der Waals surface area contributed by atoms with Gasteiger partial charge in [-0.3, -0.25) is 0 Å². The van der Waals surface area contributed by atoms with E-state index in [1.54, 1.807) is 0 Å². The van der Waals surface area contributed by atoms with Gasteiger partial charge in [-0.1, -0.05) is 53.5 Å². The molecule has 2 N–H and O–H groups in total. The molecule has 124 valence electrons. The number of aliphatic hydroxyl groups is 1. The van der Waals surface area contributed by atoms with Crippen LogP contribution in [0, 0.1) is 0 Å². The molecule has 3 nitrogen and oxygen atoms in total. The number of quaternary nitrogens is 1. The maximum atomic E-state index is 10.3. The van der Waals surface area contributed by atoms with Crippen LogP contribution in [-0.4, -0.2) is 42.9 Å². The van der Waals surface area contributed by atoms with Crippen LogP contribution in [0.15, 0.2) is 48.5 Å². The first-order valence-corrected chi connectivity index (χ1v) is 8.35. The zero-order valence-corrected chi connectivity index (χ0v) is 15.0. The van der Waals surface area contributed by atoms with Gasteiger partial charge in [0.2, 0.25) is 0 Å². The molecule has 0 aliphatic carbocycles. The molecule has 0 saturated heterocycles. The Labute approximate surface area is 148 Å². The van der Waals surface area contributed by atoms with Gasteiger partial charge in [-0.2, -0.15) is 0 Å².